The first-order valence-corrected chi connectivity index (χ1v) is 8.25. The Morgan fingerprint density at radius 1 is 1.22 bits per heavy atom. The minimum Gasteiger partial charge on any atom is -0.462 e. The van der Waals surface area contributed by atoms with Crippen LogP contribution in [0.3, 0.4) is 0 Å². The first-order chi connectivity index (χ1) is 10.6. The van der Waals surface area contributed by atoms with Crippen molar-refractivity contribution in [1.29, 1.82) is 0 Å². The molecule has 0 spiro atoms. The molecule has 0 fully saturated rings. The number of carbonyl (C=O) groups excluding carboxylic acids is 2. The predicted octanol–water partition coefficient (Wildman–Crippen LogP) is 4.84. The molecule has 0 N–H and O–H groups in total. The van der Waals surface area contributed by atoms with Crippen molar-refractivity contribution in [2.24, 2.45) is 5.92 Å². The number of hydrogen-bond acceptors (Lipinski definition) is 4. The molecule has 0 rings (SSSR count). The SMILES string of the molecule is C=C(C)C(=O)OCC(CC)CCCC.C=CC(=O)OC(C)(C)C. The summed E-state index contributed by atoms with van der Waals surface area (Å²) in [6, 6.07) is 0. The Balaban J connectivity index is 0. The van der Waals surface area contributed by atoms with Gasteiger partial charge in [0.1, 0.15) is 5.60 Å². The molecule has 0 aliphatic heterocycles. The Labute approximate surface area is 141 Å². The van der Waals surface area contributed by atoms with Crippen molar-refractivity contribution in [3.63, 3.8) is 0 Å². The van der Waals surface area contributed by atoms with Gasteiger partial charge in [0.15, 0.2) is 0 Å². The summed E-state index contributed by atoms with van der Waals surface area (Å²) in [5.41, 5.74) is 0.0843. The van der Waals surface area contributed by atoms with Crippen LogP contribution in [0.1, 0.15) is 67.2 Å². The van der Waals surface area contributed by atoms with E-state index in [1.54, 1.807) is 6.92 Å². The molecule has 0 aliphatic rings. The zero-order valence-electron chi connectivity index (χ0n) is 15.7. The number of esters is 2. The van der Waals surface area contributed by atoms with Crippen molar-refractivity contribution >= 4 is 11.9 Å². The topological polar surface area (TPSA) is 52.6 Å². The molecule has 4 nitrogen and oxygen atoms in total. The van der Waals surface area contributed by atoms with Crippen molar-refractivity contribution in [2.75, 3.05) is 6.61 Å². The molecule has 0 aromatic rings. The molecule has 0 radical (unpaired) electrons. The van der Waals surface area contributed by atoms with Gasteiger partial charge < -0.3 is 9.47 Å². The molecule has 0 amide bonds. The number of unbranched alkanes of at least 4 members (excludes halogenated alkanes) is 1. The Morgan fingerprint density at radius 2 is 1.78 bits per heavy atom. The van der Waals surface area contributed by atoms with Gasteiger partial charge in [-0.1, -0.05) is 46.3 Å². The number of hydrogen-bond donors (Lipinski definition) is 0. The maximum absolute atomic E-state index is 11.1. The van der Waals surface area contributed by atoms with Crippen molar-refractivity contribution in [3.05, 3.63) is 24.8 Å². The van der Waals surface area contributed by atoms with Crippen LogP contribution in [0.4, 0.5) is 0 Å². The summed E-state index contributed by atoms with van der Waals surface area (Å²) in [7, 11) is 0. The van der Waals surface area contributed by atoms with E-state index >= 15 is 0 Å². The number of carbonyl (C=O) groups is 2. The maximum Gasteiger partial charge on any atom is 0.333 e. The van der Waals surface area contributed by atoms with E-state index in [0.717, 1.165) is 18.9 Å². The largest absolute Gasteiger partial charge is 0.462 e. The third-order valence-corrected chi connectivity index (χ3v) is 2.92. The molecule has 0 heterocycles. The molecular formula is C19H34O4. The van der Waals surface area contributed by atoms with Gasteiger partial charge in [-0.05, 0) is 40.0 Å². The van der Waals surface area contributed by atoms with Crippen LogP contribution in [-0.4, -0.2) is 24.1 Å². The molecule has 4 heteroatoms. The van der Waals surface area contributed by atoms with Crippen LogP contribution in [-0.2, 0) is 19.1 Å². The Bertz CT molecular complexity index is 377. The Hall–Kier alpha value is -1.58. The van der Waals surface area contributed by atoms with Gasteiger partial charge in [-0.25, -0.2) is 9.59 Å². The van der Waals surface area contributed by atoms with E-state index in [9.17, 15) is 9.59 Å². The molecule has 0 bridgehead atoms. The fraction of sp³-hybridized carbons (Fsp3) is 0.684. The van der Waals surface area contributed by atoms with Gasteiger partial charge >= 0.3 is 11.9 Å². The van der Waals surface area contributed by atoms with Crippen LogP contribution in [0.25, 0.3) is 0 Å². The minimum atomic E-state index is -0.398. The predicted molar refractivity (Wildman–Crippen MR) is 95.1 cm³/mol. The van der Waals surface area contributed by atoms with Crippen LogP contribution in [0.5, 0.6) is 0 Å². The molecule has 0 aromatic carbocycles. The van der Waals surface area contributed by atoms with E-state index in [0.29, 0.717) is 18.1 Å². The fourth-order valence-corrected chi connectivity index (χ4v) is 1.56. The van der Waals surface area contributed by atoms with Crippen LogP contribution >= 0.6 is 0 Å². The van der Waals surface area contributed by atoms with Crippen LogP contribution in [0, 0.1) is 5.92 Å². The van der Waals surface area contributed by atoms with Crippen molar-refractivity contribution in [2.45, 2.75) is 72.8 Å². The van der Waals surface area contributed by atoms with Gasteiger partial charge in [-0.15, -0.1) is 0 Å². The summed E-state index contributed by atoms with van der Waals surface area (Å²) < 4.78 is 9.94. The highest BCUT2D eigenvalue weighted by Crippen LogP contribution is 2.13. The molecule has 1 atom stereocenters. The molecule has 134 valence electrons. The lowest BCUT2D eigenvalue weighted by Crippen LogP contribution is -2.22. The molecule has 0 aliphatic carbocycles. The average molecular weight is 326 g/mol. The molecular weight excluding hydrogens is 292 g/mol. The number of ether oxygens (including phenoxy) is 2. The van der Waals surface area contributed by atoms with Crippen LogP contribution < -0.4 is 0 Å². The highest BCUT2D eigenvalue weighted by Gasteiger charge is 2.13. The van der Waals surface area contributed by atoms with Gasteiger partial charge in [0.2, 0.25) is 0 Å². The van der Waals surface area contributed by atoms with Crippen molar-refractivity contribution in [1.82, 2.24) is 0 Å². The highest BCUT2D eigenvalue weighted by atomic mass is 16.6. The molecule has 23 heavy (non-hydrogen) atoms. The van der Waals surface area contributed by atoms with Crippen LogP contribution in [0.15, 0.2) is 24.8 Å². The van der Waals surface area contributed by atoms with E-state index in [4.69, 9.17) is 9.47 Å². The highest BCUT2D eigenvalue weighted by molar-refractivity contribution is 5.86. The van der Waals surface area contributed by atoms with Gasteiger partial charge in [0.25, 0.3) is 0 Å². The lowest BCUT2D eigenvalue weighted by molar-refractivity contribution is -0.148. The first-order valence-electron chi connectivity index (χ1n) is 8.25. The first kappa shape index (κ1) is 23.7. The lowest BCUT2D eigenvalue weighted by Gasteiger charge is -2.17. The van der Waals surface area contributed by atoms with Crippen LogP contribution in [0.2, 0.25) is 0 Å². The zero-order chi connectivity index (χ0) is 18.5. The second kappa shape index (κ2) is 12.9. The van der Waals surface area contributed by atoms with E-state index in [2.05, 4.69) is 27.0 Å². The summed E-state index contributed by atoms with van der Waals surface area (Å²) in [6.45, 7) is 18.8. The second-order valence-corrected chi connectivity index (χ2v) is 6.53. The molecule has 1 unspecified atom stereocenters. The molecule has 0 saturated heterocycles. The lowest BCUT2D eigenvalue weighted by atomic mass is 10.0. The van der Waals surface area contributed by atoms with E-state index in [-0.39, 0.29) is 11.9 Å². The minimum absolute atomic E-state index is 0.264. The van der Waals surface area contributed by atoms with Crippen molar-refractivity contribution in [3.8, 4) is 0 Å². The summed E-state index contributed by atoms with van der Waals surface area (Å²) in [5.74, 6) is -0.124. The van der Waals surface area contributed by atoms with E-state index in [1.165, 1.54) is 12.8 Å². The summed E-state index contributed by atoms with van der Waals surface area (Å²) in [5, 5.41) is 0. The molecule has 0 saturated carbocycles. The standard InChI is InChI=1S/C12H22O2.C7H12O2/c1-5-7-8-11(6-2)9-14-12(13)10(3)4;1-5-6(8)9-7(2,3)4/h11H,3,5-9H2,1-2,4H3;5H,1H2,2-4H3. The van der Waals surface area contributed by atoms with Crippen molar-refractivity contribution < 1.29 is 19.1 Å². The van der Waals surface area contributed by atoms with E-state index < -0.39 is 5.60 Å². The summed E-state index contributed by atoms with van der Waals surface area (Å²) >= 11 is 0. The quantitative estimate of drug-likeness (QED) is 0.473. The fourth-order valence-electron chi connectivity index (χ4n) is 1.56. The van der Waals surface area contributed by atoms with Gasteiger partial charge in [0.05, 0.1) is 6.61 Å². The van der Waals surface area contributed by atoms with Gasteiger partial charge in [0, 0.05) is 11.6 Å². The summed E-state index contributed by atoms with van der Waals surface area (Å²) in [6.07, 6.45) is 5.79. The smallest absolute Gasteiger partial charge is 0.333 e. The third-order valence-electron chi connectivity index (χ3n) is 2.92. The van der Waals surface area contributed by atoms with E-state index in [1.807, 2.05) is 20.8 Å². The average Bonchev–Trinajstić information content (AvgIpc) is 2.45. The Kier molecular flexibility index (Phi) is 13.3. The maximum atomic E-state index is 11.1. The third kappa shape index (κ3) is 16.6. The van der Waals surface area contributed by atoms with Gasteiger partial charge in [-0.2, -0.15) is 0 Å². The summed E-state index contributed by atoms with van der Waals surface area (Å²) in [4.78, 5) is 21.6. The number of rotatable bonds is 8. The zero-order valence-corrected chi connectivity index (χ0v) is 15.7. The normalized spacial score (nSPS) is 11.6. The molecule has 0 aromatic heterocycles. The second-order valence-electron chi connectivity index (χ2n) is 6.53. The Morgan fingerprint density at radius 3 is 2.09 bits per heavy atom. The van der Waals surface area contributed by atoms with Gasteiger partial charge in [-0.3, -0.25) is 0 Å². The monoisotopic (exact) mass is 326 g/mol.